The van der Waals surface area contributed by atoms with Gasteiger partial charge in [0.15, 0.2) is 6.29 Å². The molecule has 0 atom stereocenters. The molecule has 1 heterocycles. The average Bonchev–Trinajstić information content (AvgIpc) is 2.54. The second-order valence-corrected chi connectivity index (χ2v) is 3.77. The fourth-order valence-electron chi connectivity index (χ4n) is 1.30. The van der Waals surface area contributed by atoms with Gasteiger partial charge >= 0.3 is 0 Å². The molecule has 14 heavy (non-hydrogen) atoms. The number of rotatable bonds is 1. The van der Waals surface area contributed by atoms with Crippen LogP contribution in [0.3, 0.4) is 0 Å². The third kappa shape index (κ3) is 1.80. The summed E-state index contributed by atoms with van der Waals surface area (Å²) in [6, 6.07) is 2.37. The molecule has 0 amide bonds. The lowest BCUT2D eigenvalue weighted by Gasteiger charge is -2.11. The van der Waals surface area contributed by atoms with Crippen LogP contribution in [0.1, 0.15) is 11.9 Å². The van der Waals surface area contributed by atoms with E-state index >= 15 is 0 Å². The van der Waals surface area contributed by atoms with Crippen molar-refractivity contribution in [1.82, 2.24) is 0 Å². The fraction of sp³-hybridized carbons (Fsp3) is 0.333. The highest BCUT2D eigenvalue weighted by Crippen LogP contribution is 2.30. The van der Waals surface area contributed by atoms with E-state index in [4.69, 9.17) is 9.47 Å². The van der Waals surface area contributed by atoms with Gasteiger partial charge in [0.2, 0.25) is 0 Å². The van der Waals surface area contributed by atoms with E-state index in [-0.39, 0.29) is 5.56 Å². The van der Waals surface area contributed by atoms with Crippen molar-refractivity contribution in [3.8, 4) is 0 Å². The summed E-state index contributed by atoms with van der Waals surface area (Å²) >= 11 is 2.99. The molecule has 1 fully saturated rings. The minimum Gasteiger partial charge on any atom is -0.346 e. The van der Waals surface area contributed by atoms with Gasteiger partial charge in [-0.25, -0.2) is 8.78 Å². The Kier molecular flexibility index (Phi) is 2.80. The molecule has 0 unspecified atom stereocenters. The number of halogens is 3. The predicted molar refractivity (Wildman–Crippen MR) is 48.7 cm³/mol. The van der Waals surface area contributed by atoms with Crippen molar-refractivity contribution in [2.75, 3.05) is 13.2 Å². The average molecular weight is 265 g/mol. The number of hydrogen-bond donors (Lipinski definition) is 0. The van der Waals surface area contributed by atoms with Gasteiger partial charge in [0.25, 0.3) is 0 Å². The van der Waals surface area contributed by atoms with Gasteiger partial charge in [-0.2, -0.15) is 0 Å². The largest absolute Gasteiger partial charge is 0.346 e. The molecular formula is C9H7BrF2O2. The molecular weight excluding hydrogens is 258 g/mol. The molecule has 0 aliphatic carbocycles. The zero-order valence-corrected chi connectivity index (χ0v) is 8.68. The van der Waals surface area contributed by atoms with Crippen LogP contribution in [-0.2, 0) is 9.47 Å². The van der Waals surface area contributed by atoms with E-state index < -0.39 is 17.9 Å². The Balaban J connectivity index is 2.40. The molecule has 1 saturated heterocycles. The maximum absolute atomic E-state index is 13.3. The van der Waals surface area contributed by atoms with Crippen molar-refractivity contribution >= 4 is 15.9 Å². The number of ether oxygens (including phenoxy) is 2. The van der Waals surface area contributed by atoms with Crippen LogP contribution < -0.4 is 0 Å². The van der Waals surface area contributed by atoms with Crippen LogP contribution in [0.5, 0.6) is 0 Å². The lowest BCUT2D eigenvalue weighted by atomic mass is 10.2. The summed E-state index contributed by atoms with van der Waals surface area (Å²) in [5, 5.41) is 0. The lowest BCUT2D eigenvalue weighted by molar-refractivity contribution is -0.0489. The van der Waals surface area contributed by atoms with Gasteiger partial charge in [-0.3, -0.25) is 0 Å². The van der Waals surface area contributed by atoms with Gasteiger partial charge < -0.3 is 9.47 Å². The monoisotopic (exact) mass is 264 g/mol. The summed E-state index contributed by atoms with van der Waals surface area (Å²) in [5.74, 6) is -1.33. The Labute approximate surface area is 87.9 Å². The predicted octanol–water partition coefficient (Wildman–Crippen LogP) is 2.77. The molecule has 0 bridgehead atoms. The van der Waals surface area contributed by atoms with Crippen LogP contribution in [0.4, 0.5) is 8.78 Å². The van der Waals surface area contributed by atoms with E-state index in [1.165, 1.54) is 12.1 Å². The van der Waals surface area contributed by atoms with Crippen LogP contribution in [0.25, 0.3) is 0 Å². The first kappa shape index (κ1) is 10.0. The zero-order chi connectivity index (χ0) is 10.1. The van der Waals surface area contributed by atoms with Gasteiger partial charge in [-0.05, 0) is 12.1 Å². The van der Waals surface area contributed by atoms with Crippen molar-refractivity contribution in [2.45, 2.75) is 6.29 Å². The first-order chi connectivity index (χ1) is 6.68. The summed E-state index contributed by atoms with van der Waals surface area (Å²) in [6.45, 7) is 0.721. The van der Waals surface area contributed by atoms with E-state index in [0.717, 1.165) is 0 Å². The summed E-state index contributed by atoms with van der Waals surface area (Å²) in [6.07, 6.45) is -0.914. The number of benzene rings is 1. The quantitative estimate of drug-likeness (QED) is 0.777. The normalized spacial score (nSPS) is 17.6. The Morgan fingerprint density at radius 1 is 1.14 bits per heavy atom. The van der Waals surface area contributed by atoms with Gasteiger partial charge in [-0.1, -0.05) is 15.9 Å². The third-order valence-electron chi connectivity index (χ3n) is 1.90. The van der Waals surface area contributed by atoms with Crippen molar-refractivity contribution in [2.24, 2.45) is 0 Å². The van der Waals surface area contributed by atoms with Gasteiger partial charge in [0.05, 0.1) is 18.8 Å². The Morgan fingerprint density at radius 2 is 1.64 bits per heavy atom. The number of hydrogen-bond acceptors (Lipinski definition) is 2. The fourth-order valence-corrected chi connectivity index (χ4v) is 1.71. The topological polar surface area (TPSA) is 18.5 Å². The standard InChI is InChI=1S/C9H7BrF2O2/c10-5-3-6(11)8(7(12)4-5)9-13-1-2-14-9/h3-4,9H,1-2H2. The molecule has 1 aromatic carbocycles. The molecule has 0 saturated carbocycles. The molecule has 0 spiro atoms. The van der Waals surface area contributed by atoms with Crippen LogP contribution in [0.15, 0.2) is 16.6 Å². The van der Waals surface area contributed by atoms with Crippen LogP contribution >= 0.6 is 15.9 Å². The second-order valence-electron chi connectivity index (χ2n) is 2.86. The minimum atomic E-state index is -0.914. The molecule has 0 N–H and O–H groups in total. The Morgan fingerprint density at radius 3 is 2.14 bits per heavy atom. The van der Waals surface area contributed by atoms with E-state index in [2.05, 4.69) is 15.9 Å². The molecule has 2 nitrogen and oxygen atoms in total. The Hall–Kier alpha value is -0.520. The van der Waals surface area contributed by atoms with E-state index in [1.54, 1.807) is 0 Å². The minimum absolute atomic E-state index is 0.161. The molecule has 1 aliphatic rings. The molecule has 0 aromatic heterocycles. The van der Waals surface area contributed by atoms with Crippen LogP contribution in [0.2, 0.25) is 0 Å². The van der Waals surface area contributed by atoms with Gasteiger partial charge in [-0.15, -0.1) is 0 Å². The first-order valence-electron chi connectivity index (χ1n) is 4.06. The summed E-state index contributed by atoms with van der Waals surface area (Å²) in [7, 11) is 0. The smallest absolute Gasteiger partial charge is 0.189 e. The molecule has 2 rings (SSSR count). The van der Waals surface area contributed by atoms with E-state index in [0.29, 0.717) is 17.7 Å². The van der Waals surface area contributed by atoms with E-state index in [1.807, 2.05) is 0 Å². The molecule has 1 aliphatic heterocycles. The van der Waals surface area contributed by atoms with Crippen molar-refractivity contribution in [3.63, 3.8) is 0 Å². The van der Waals surface area contributed by atoms with Crippen LogP contribution in [-0.4, -0.2) is 13.2 Å². The van der Waals surface area contributed by atoms with Crippen LogP contribution in [0, 0.1) is 11.6 Å². The van der Waals surface area contributed by atoms with E-state index in [9.17, 15) is 8.78 Å². The Bertz CT molecular complexity index is 328. The second kappa shape index (κ2) is 3.92. The van der Waals surface area contributed by atoms with Crippen molar-refractivity contribution in [1.29, 1.82) is 0 Å². The zero-order valence-electron chi connectivity index (χ0n) is 7.10. The highest BCUT2D eigenvalue weighted by molar-refractivity contribution is 9.10. The van der Waals surface area contributed by atoms with Gasteiger partial charge in [0, 0.05) is 4.47 Å². The SMILES string of the molecule is Fc1cc(Br)cc(F)c1C1OCCO1. The first-order valence-corrected chi connectivity index (χ1v) is 4.85. The molecule has 5 heteroatoms. The van der Waals surface area contributed by atoms with Crippen molar-refractivity contribution in [3.05, 3.63) is 33.8 Å². The molecule has 1 aromatic rings. The summed E-state index contributed by atoms with van der Waals surface area (Å²) in [4.78, 5) is 0. The molecule has 0 radical (unpaired) electrons. The highest BCUT2D eigenvalue weighted by Gasteiger charge is 2.25. The third-order valence-corrected chi connectivity index (χ3v) is 2.36. The lowest BCUT2D eigenvalue weighted by Crippen LogP contribution is -2.05. The van der Waals surface area contributed by atoms with Gasteiger partial charge in [0.1, 0.15) is 11.6 Å². The summed E-state index contributed by atoms with van der Waals surface area (Å²) in [5.41, 5.74) is -0.161. The molecule has 76 valence electrons. The summed E-state index contributed by atoms with van der Waals surface area (Å²) < 4.78 is 37.1. The maximum Gasteiger partial charge on any atom is 0.189 e. The van der Waals surface area contributed by atoms with Crippen molar-refractivity contribution < 1.29 is 18.3 Å². The maximum atomic E-state index is 13.3. The highest BCUT2D eigenvalue weighted by atomic mass is 79.9.